The molecule has 6 nitrogen and oxygen atoms in total. The van der Waals surface area contributed by atoms with Crippen LogP contribution < -0.4 is 10.8 Å². The first kappa shape index (κ1) is 20.6. The molecule has 3 aromatic rings. The zero-order valence-electron chi connectivity index (χ0n) is 18.4. The fraction of sp³-hybridized carbons (Fsp3) is 0.435. The number of rotatable bonds is 5. The van der Waals surface area contributed by atoms with E-state index in [1.54, 1.807) is 4.68 Å². The molecule has 4 rings (SSSR count). The number of aryl methyl sites for hydroxylation is 1. The maximum Gasteiger partial charge on any atom is 0.228 e. The van der Waals surface area contributed by atoms with Crippen LogP contribution in [0.3, 0.4) is 0 Å². The van der Waals surface area contributed by atoms with Crippen molar-refractivity contribution in [2.24, 2.45) is 18.9 Å². The lowest BCUT2D eigenvalue weighted by molar-refractivity contribution is -0.121. The first-order chi connectivity index (χ1) is 14.4. The number of nitrogens with zero attached hydrogens (tertiary/aromatic N) is 4. The van der Waals surface area contributed by atoms with Gasteiger partial charge in [-0.3, -0.25) is 9.48 Å². The van der Waals surface area contributed by atoms with Crippen molar-refractivity contribution in [2.75, 3.05) is 25.0 Å². The molecule has 1 aromatic carbocycles. The van der Waals surface area contributed by atoms with Crippen LogP contribution in [-0.4, -0.2) is 53.1 Å². The summed E-state index contributed by atoms with van der Waals surface area (Å²) in [5.41, 5.74) is 3.19. The molecule has 0 saturated carbocycles. The molecule has 1 amide bonds. The first-order valence-corrected chi connectivity index (χ1v) is 10.8. The second-order valence-corrected chi connectivity index (χ2v) is 8.89. The number of anilines is 1. The summed E-state index contributed by atoms with van der Waals surface area (Å²) in [5, 5.41) is 9.55. The van der Waals surface area contributed by atoms with Gasteiger partial charge in [0, 0.05) is 37.5 Å². The summed E-state index contributed by atoms with van der Waals surface area (Å²) in [4.78, 5) is 19.9. The van der Waals surface area contributed by atoms with Gasteiger partial charge in [-0.2, -0.15) is 5.10 Å². The van der Waals surface area contributed by atoms with Crippen LogP contribution in [0.5, 0.6) is 0 Å². The van der Waals surface area contributed by atoms with E-state index in [2.05, 4.69) is 52.3 Å². The normalized spacial score (nSPS) is 15.7. The topological polar surface area (TPSA) is 63.1 Å². The molecule has 1 fully saturated rings. The van der Waals surface area contributed by atoms with Crippen LogP contribution in [0.2, 0.25) is 0 Å². The van der Waals surface area contributed by atoms with E-state index in [1.165, 1.54) is 0 Å². The Morgan fingerprint density at radius 1 is 1.23 bits per heavy atom. The fourth-order valence-electron chi connectivity index (χ4n) is 4.34. The van der Waals surface area contributed by atoms with E-state index in [0.717, 1.165) is 59.8 Å². The van der Waals surface area contributed by atoms with E-state index in [1.807, 2.05) is 33.5 Å². The highest BCUT2D eigenvalue weighted by Crippen LogP contribution is 2.24. The SMILES string of the molecule is Bc1c(NC(=O)C2CCN(CC(C)C)CC2)ncc2ccc(-c3cnn(C)c3)cc12. The number of amides is 1. The van der Waals surface area contributed by atoms with Gasteiger partial charge in [0.15, 0.2) is 0 Å². The Bertz CT molecular complexity index is 1050. The molecule has 1 saturated heterocycles. The maximum atomic E-state index is 12.9. The Hall–Kier alpha value is -2.67. The quantitative estimate of drug-likeness (QED) is 0.664. The Labute approximate surface area is 179 Å². The molecule has 1 aliphatic rings. The number of aromatic nitrogens is 3. The van der Waals surface area contributed by atoms with E-state index in [-0.39, 0.29) is 11.8 Å². The molecular weight excluding hydrogens is 373 g/mol. The van der Waals surface area contributed by atoms with Gasteiger partial charge in [-0.25, -0.2) is 4.98 Å². The van der Waals surface area contributed by atoms with Crippen LogP contribution >= 0.6 is 0 Å². The minimum Gasteiger partial charge on any atom is -0.311 e. The van der Waals surface area contributed by atoms with E-state index >= 15 is 0 Å². The fourth-order valence-corrected chi connectivity index (χ4v) is 4.34. The molecule has 0 spiro atoms. The van der Waals surface area contributed by atoms with Crippen molar-refractivity contribution >= 4 is 35.8 Å². The van der Waals surface area contributed by atoms with Crippen molar-refractivity contribution in [2.45, 2.75) is 26.7 Å². The standard InChI is InChI=1S/C23H30BN5O/c1-15(2)13-29-8-6-16(7-9-29)23(30)27-22-21(24)20-10-17(4-5-18(20)11-25-22)19-12-26-28(3)14-19/h4-5,10-12,14-16H,6-9,13,24H2,1-3H3,(H,25,27,30). The molecule has 7 heteroatoms. The number of carbonyl (C=O) groups excluding carboxylic acids is 1. The highest BCUT2D eigenvalue weighted by molar-refractivity contribution is 6.42. The average molecular weight is 403 g/mol. The molecule has 3 heterocycles. The smallest absolute Gasteiger partial charge is 0.228 e. The number of hydrogen-bond donors (Lipinski definition) is 1. The summed E-state index contributed by atoms with van der Waals surface area (Å²) in [6.45, 7) is 7.59. The van der Waals surface area contributed by atoms with Crippen LogP contribution in [0.15, 0.2) is 36.8 Å². The monoisotopic (exact) mass is 403 g/mol. The van der Waals surface area contributed by atoms with Gasteiger partial charge in [-0.05, 0) is 59.7 Å². The minimum absolute atomic E-state index is 0.0621. The summed E-state index contributed by atoms with van der Waals surface area (Å²) in [5.74, 6) is 1.49. The molecule has 1 aliphatic heterocycles. The predicted octanol–water partition coefficient (Wildman–Crippen LogP) is 2.20. The van der Waals surface area contributed by atoms with Gasteiger partial charge in [0.25, 0.3) is 0 Å². The summed E-state index contributed by atoms with van der Waals surface area (Å²) in [6, 6.07) is 6.32. The molecule has 156 valence electrons. The van der Waals surface area contributed by atoms with Gasteiger partial charge in [0.05, 0.1) is 6.20 Å². The largest absolute Gasteiger partial charge is 0.311 e. The zero-order chi connectivity index (χ0) is 21.3. The molecule has 2 aromatic heterocycles. The van der Waals surface area contributed by atoms with Crippen molar-refractivity contribution in [1.29, 1.82) is 0 Å². The third-order valence-electron chi connectivity index (χ3n) is 6.01. The third-order valence-corrected chi connectivity index (χ3v) is 6.01. The van der Waals surface area contributed by atoms with Gasteiger partial charge in [-0.15, -0.1) is 0 Å². The van der Waals surface area contributed by atoms with Crippen LogP contribution in [-0.2, 0) is 11.8 Å². The van der Waals surface area contributed by atoms with E-state index < -0.39 is 0 Å². The number of piperidine rings is 1. The van der Waals surface area contributed by atoms with Crippen LogP contribution in [0.1, 0.15) is 26.7 Å². The molecule has 30 heavy (non-hydrogen) atoms. The van der Waals surface area contributed by atoms with Crippen molar-refractivity contribution in [3.8, 4) is 11.1 Å². The Kier molecular flexibility index (Phi) is 5.91. The first-order valence-electron chi connectivity index (χ1n) is 10.8. The molecule has 0 radical (unpaired) electrons. The lowest BCUT2D eigenvalue weighted by Crippen LogP contribution is -2.40. The van der Waals surface area contributed by atoms with Crippen molar-refractivity contribution in [1.82, 2.24) is 19.7 Å². The second kappa shape index (κ2) is 8.60. The number of hydrogen-bond acceptors (Lipinski definition) is 4. The summed E-state index contributed by atoms with van der Waals surface area (Å²) in [7, 11) is 3.95. The highest BCUT2D eigenvalue weighted by Gasteiger charge is 2.25. The lowest BCUT2D eigenvalue weighted by Gasteiger charge is -2.32. The highest BCUT2D eigenvalue weighted by atomic mass is 16.1. The average Bonchev–Trinajstić information content (AvgIpc) is 3.16. The number of likely N-dealkylation sites (tertiary alicyclic amines) is 1. The van der Waals surface area contributed by atoms with Crippen molar-refractivity contribution in [3.05, 3.63) is 36.8 Å². The molecular formula is C23H30BN5O. The predicted molar refractivity (Wildman–Crippen MR) is 125 cm³/mol. The molecule has 0 bridgehead atoms. The second-order valence-electron chi connectivity index (χ2n) is 8.89. The van der Waals surface area contributed by atoms with Gasteiger partial charge >= 0.3 is 0 Å². The summed E-state index contributed by atoms with van der Waals surface area (Å²) < 4.78 is 1.80. The summed E-state index contributed by atoms with van der Waals surface area (Å²) >= 11 is 0. The van der Waals surface area contributed by atoms with Gasteiger partial charge in [0.1, 0.15) is 13.7 Å². The van der Waals surface area contributed by atoms with Crippen LogP contribution in [0, 0.1) is 11.8 Å². The van der Waals surface area contributed by atoms with Crippen LogP contribution in [0.25, 0.3) is 21.9 Å². The Balaban J connectivity index is 1.50. The van der Waals surface area contributed by atoms with Gasteiger partial charge < -0.3 is 10.2 Å². The lowest BCUT2D eigenvalue weighted by atomic mass is 9.89. The molecule has 1 N–H and O–H groups in total. The maximum absolute atomic E-state index is 12.9. The van der Waals surface area contributed by atoms with E-state index in [4.69, 9.17) is 0 Å². The van der Waals surface area contributed by atoms with Crippen LogP contribution in [0.4, 0.5) is 5.82 Å². The minimum atomic E-state index is 0.0621. The Morgan fingerprint density at radius 2 is 2.00 bits per heavy atom. The van der Waals surface area contributed by atoms with Gasteiger partial charge in [0.2, 0.25) is 5.91 Å². The molecule has 0 unspecified atom stereocenters. The molecule has 0 atom stereocenters. The number of benzene rings is 1. The number of pyridine rings is 1. The zero-order valence-corrected chi connectivity index (χ0v) is 18.4. The van der Waals surface area contributed by atoms with Crippen molar-refractivity contribution < 1.29 is 4.79 Å². The van der Waals surface area contributed by atoms with E-state index in [0.29, 0.717) is 11.7 Å². The Morgan fingerprint density at radius 3 is 2.67 bits per heavy atom. The summed E-state index contributed by atoms with van der Waals surface area (Å²) in [6.07, 6.45) is 7.54. The molecule has 0 aliphatic carbocycles. The van der Waals surface area contributed by atoms with Crippen molar-refractivity contribution in [3.63, 3.8) is 0 Å². The third kappa shape index (κ3) is 4.41. The number of nitrogens with one attached hydrogen (secondary N) is 1. The number of carbonyl (C=O) groups is 1. The van der Waals surface area contributed by atoms with E-state index in [9.17, 15) is 4.79 Å². The van der Waals surface area contributed by atoms with Gasteiger partial charge in [-0.1, -0.05) is 26.0 Å². The number of fused-ring (bicyclic) bond motifs is 1.